The summed E-state index contributed by atoms with van der Waals surface area (Å²) >= 11 is 18.7. The van der Waals surface area contributed by atoms with Crippen molar-refractivity contribution in [1.82, 2.24) is 10.2 Å². The van der Waals surface area contributed by atoms with E-state index in [4.69, 9.17) is 44.0 Å². The van der Waals surface area contributed by atoms with Gasteiger partial charge in [-0.15, -0.1) is 10.2 Å². The summed E-state index contributed by atoms with van der Waals surface area (Å²) in [5.41, 5.74) is 2.16. The SMILES string of the molecule is O=C(O)/C(=C/c1cccc(OCc2ccc(Cl)c(Cl)c2)c1)Sc1nnc(-c2ccc(Cl)cc2)o1. The molecule has 0 aliphatic heterocycles. The Kier molecular flexibility index (Phi) is 7.80. The van der Waals surface area contributed by atoms with Gasteiger partial charge in [0, 0.05) is 10.6 Å². The Bertz CT molecular complexity index is 1360. The minimum absolute atomic E-state index is 0.00735. The van der Waals surface area contributed by atoms with E-state index in [1.165, 1.54) is 6.08 Å². The molecule has 4 rings (SSSR count). The van der Waals surface area contributed by atoms with Gasteiger partial charge in [0.1, 0.15) is 17.3 Å². The van der Waals surface area contributed by atoms with Crippen LogP contribution in [0.5, 0.6) is 5.75 Å². The number of thioether (sulfide) groups is 1. The summed E-state index contributed by atoms with van der Waals surface area (Å²) < 4.78 is 11.4. The van der Waals surface area contributed by atoms with Crippen LogP contribution in [0, 0.1) is 0 Å². The molecule has 0 saturated heterocycles. The Hall–Kier alpha value is -2.97. The Morgan fingerprint density at radius 3 is 2.53 bits per heavy atom. The second kappa shape index (κ2) is 11.0. The maximum atomic E-state index is 11.8. The highest BCUT2D eigenvalue weighted by Gasteiger charge is 2.16. The van der Waals surface area contributed by atoms with Crippen LogP contribution in [0.15, 0.2) is 81.3 Å². The van der Waals surface area contributed by atoms with Gasteiger partial charge in [0.25, 0.3) is 5.22 Å². The second-order valence-corrected chi connectivity index (χ2v) is 9.15. The average Bonchev–Trinajstić information content (AvgIpc) is 3.29. The summed E-state index contributed by atoms with van der Waals surface area (Å²) in [7, 11) is 0. The first-order valence-corrected chi connectivity index (χ1v) is 11.7. The van der Waals surface area contributed by atoms with E-state index < -0.39 is 5.97 Å². The van der Waals surface area contributed by atoms with Crippen molar-refractivity contribution in [2.75, 3.05) is 0 Å². The molecule has 34 heavy (non-hydrogen) atoms. The zero-order valence-electron chi connectivity index (χ0n) is 17.2. The Labute approximate surface area is 214 Å². The van der Waals surface area contributed by atoms with Crippen molar-refractivity contribution in [3.8, 4) is 17.2 Å². The van der Waals surface area contributed by atoms with E-state index in [1.807, 2.05) is 6.07 Å². The van der Waals surface area contributed by atoms with Crippen LogP contribution in [0.25, 0.3) is 17.5 Å². The quantitative estimate of drug-likeness (QED) is 0.185. The fraction of sp³-hybridized carbons (Fsp3) is 0.0417. The fourth-order valence-electron chi connectivity index (χ4n) is 2.83. The molecule has 1 aromatic heterocycles. The van der Waals surface area contributed by atoms with Gasteiger partial charge in [0.2, 0.25) is 5.89 Å². The number of halogens is 3. The standard InChI is InChI=1S/C24H15Cl3N2O4S/c25-17-7-5-16(6-8-17)22-28-29-24(33-22)34-21(23(30)31)12-14-2-1-3-18(10-14)32-13-15-4-9-19(26)20(27)11-15/h1-12H,13H2,(H,30,31)/b21-12-. The van der Waals surface area contributed by atoms with Gasteiger partial charge >= 0.3 is 5.97 Å². The zero-order chi connectivity index (χ0) is 24.1. The molecule has 0 saturated carbocycles. The number of nitrogens with zero attached hydrogens (tertiary/aromatic N) is 2. The predicted octanol–water partition coefficient (Wildman–Crippen LogP) is 7.49. The molecule has 0 aliphatic rings. The molecule has 10 heteroatoms. The van der Waals surface area contributed by atoms with Crippen molar-refractivity contribution in [3.63, 3.8) is 0 Å². The van der Waals surface area contributed by atoms with Gasteiger partial charge < -0.3 is 14.3 Å². The number of hydrogen-bond donors (Lipinski definition) is 1. The van der Waals surface area contributed by atoms with Crippen molar-refractivity contribution >= 4 is 58.6 Å². The topological polar surface area (TPSA) is 85.5 Å². The lowest BCUT2D eigenvalue weighted by atomic mass is 10.2. The summed E-state index contributed by atoms with van der Waals surface area (Å²) in [5, 5.41) is 19.2. The van der Waals surface area contributed by atoms with Gasteiger partial charge in [-0.3, -0.25) is 0 Å². The lowest BCUT2D eigenvalue weighted by molar-refractivity contribution is -0.131. The molecule has 3 aromatic carbocycles. The molecule has 172 valence electrons. The summed E-state index contributed by atoms with van der Waals surface area (Å²) in [4.78, 5) is 11.8. The number of aliphatic carboxylic acids is 1. The van der Waals surface area contributed by atoms with E-state index in [0.29, 0.717) is 31.9 Å². The minimum atomic E-state index is -1.13. The third-order valence-corrected chi connectivity index (χ3v) is 6.29. The molecule has 4 aromatic rings. The Morgan fingerprint density at radius 1 is 1.00 bits per heavy atom. The predicted molar refractivity (Wildman–Crippen MR) is 133 cm³/mol. The van der Waals surface area contributed by atoms with Crippen molar-refractivity contribution < 1.29 is 19.1 Å². The van der Waals surface area contributed by atoms with Gasteiger partial charge in [-0.2, -0.15) is 0 Å². The maximum absolute atomic E-state index is 11.8. The maximum Gasteiger partial charge on any atom is 0.342 e. The molecule has 0 unspecified atom stereocenters. The molecule has 1 N–H and O–H groups in total. The summed E-state index contributed by atoms with van der Waals surface area (Å²) in [6.45, 7) is 0.278. The number of carbonyl (C=O) groups is 1. The Balaban J connectivity index is 1.48. The number of carboxylic acid groups (broad SMARTS) is 1. The Morgan fingerprint density at radius 2 is 1.79 bits per heavy atom. The molecule has 0 radical (unpaired) electrons. The van der Waals surface area contributed by atoms with Crippen molar-refractivity contribution in [2.24, 2.45) is 0 Å². The van der Waals surface area contributed by atoms with Gasteiger partial charge in [0.05, 0.1) is 10.0 Å². The fourth-order valence-corrected chi connectivity index (χ4v) is 3.95. The molecule has 6 nitrogen and oxygen atoms in total. The first kappa shape index (κ1) is 24.2. The number of rotatable bonds is 8. The first-order chi connectivity index (χ1) is 16.4. The van der Waals surface area contributed by atoms with Crippen LogP contribution < -0.4 is 4.74 Å². The molecule has 0 atom stereocenters. The van der Waals surface area contributed by atoms with Gasteiger partial charge in [0.15, 0.2) is 0 Å². The van der Waals surface area contributed by atoms with E-state index in [1.54, 1.807) is 60.7 Å². The monoisotopic (exact) mass is 532 g/mol. The number of carboxylic acids is 1. The van der Waals surface area contributed by atoms with Crippen LogP contribution in [0.3, 0.4) is 0 Å². The third-order valence-electron chi connectivity index (χ3n) is 4.45. The molecule has 0 spiro atoms. The molecular weight excluding hydrogens is 519 g/mol. The van der Waals surface area contributed by atoms with E-state index in [9.17, 15) is 9.90 Å². The molecule has 0 amide bonds. The molecular formula is C24H15Cl3N2O4S. The lowest BCUT2D eigenvalue weighted by Gasteiger charge is -2.08. The third kappa shape index (κ3) is 6.33. The van der Waals surface area contributed by atoms with Crippen molar-refractivity contribution in [2.45, 2.75) is 11.8 Å². The van der Waals surface area contributed by atoms with Crippen LogP contribution in [0.4, 0.5) is 0 Å². The van der Waals surface area contributed by atoms with E-state index in [-0.39, 0.29) is 22.6 Å². The number of aromatic nitrogens is 2. The second-order valence-electron chi connectivity index (χ2n) is 6.91. The molecule has 0 aliphatic carbocycles. The zero-order valence-corrected chi connectivity index (χ0v) is 20.3. The van der Waals surface area contributed by atoms with Crippen LogP contribution in [-0.4, -0.2) is 21.3 Å². The van der Waals surface area contributed by atoms with Crippen LogP contribution >= 0.6 is 46.6 Å². The summed E-state index contributed by atoms with van der Waals surface area (Å²) in [5.74, 6) is -0.294. The highest BCUT2D eigenvalue weighted by atomic mass is 35.5. The summed E-state index contributed by atoms with van der Waals surface area (Å²) in [6.07, 6.45) is 1.51. The van der Waals surface area contributed by atoms with Crippen molar-refractivity contribution in [1.29, 1.82) is 0 Å². The van der Waals surface area contributed by atoms with Gasteiger partial charge in [-0.25, -0.2) is 4.79 Å². The number of benzene rings is 3. The summed E-state index contributed by atoms with van der Waals surface area (Å²) in [6, 6.07) is 19.2. The molecule has 1 heterocycles. The minimum Gasteiger partial charge on any atom is -0.489 e. The van der Waals surface area contributed by atoms with Crippen molar-refractivity contribution in [3.05, 3.63) is 97.8 Å². The molecule has 0 fully saturated rings. The van der Waals surface area contributed by atoms with E-state index in [0.717, 1.165) is 17.3 Å². The van der Waals surface area contributed by atoms with Gasteiger partial charge in [-0.1, -0.05) is 53.0 Å². The van der Waals surface area contributed by atoms with Crippen LogP contribution in [0.1, 0.15) is 11.1 Å². The average molecular weight is 534 g/mol. The normalized spacial score (nSPS) is 11.4. The number of hydrogen-bond acceptors (Lipinski definition) is 6. The first-order valence-electron chi connectivity index (χ1n) is 9.76. The smallest absolute Gasteiger partial charge is 0.342 e. The van der Waals surface area contributed by atoms with Gasteiger partial charge in [-0.05, 0) is 77.5 Å². The lowest BCUT2D eigenvalue weighted by Crippen LogP contribution is -1.98. The van der Waals surface area contributed by atoms with E-state index in [2.05, 4.69) is 10.2 Å². The highest BCUT2D eigenvalue weighted by Crippen LogP contribution is 2.31. The largest absolute Gasteiger partial charge is 0.489 e. The van der Waals surface area contributed by atoms with Crippen LogP contribution in [-0.2, 0) is 11.4 Å². The number of ether oxygens (including phenoxy) is 1. The highest BCUT2D eigenvalue weighted by molar-refractivity contribution is 8.03. The van der Waals surface area contributed by atoms with E-state index >= 15 is 0 Å². The van der Waals surface area contributed by atoms with Crippen LogP contribution in [0.2, 0.25) is 15.1 Å². The molecule has 0 bridgehead atoms.